The lowest BCUT2D eigenvalue weighted by Crippen LogP contribution is -2.50. The van der Waals surface area contributed by atoms with E-state index < -0.39 is 0 Å². The zero-order valence-corrected chi connectivity index (χ0v) is 21.5. The normalized spacial score (nSPS) is 49.7. The van der Waals surface area contributed by atoms with Gasteiger partial charge in [0.1, 0.15) is 18.0 Å². The molecule has 2 heteroatoms. The molecule has 9 aliphatic rings. The van der Waals surface area contributed by atoms with Crippen LogP contribution in [0.2, 0.25) is 0 Å². The van der Waals surface area contributed by atoms with Gasteiger partial charge in [-0.25, -0.2) is 0 Å². The van der Waals surface area contributed by atoms with Gasteiger partial charge < -0.3 is 9.47 Å². The van der Waals surface area contributed by atoms with E-state index in [2.05, 4.69) is 32.0 Å². The highest BCUT2D eigenvalue weighted by atomic mass is 16.6. The Morgan fingerprint density at radius 2 is 1.09 bits per heavy atom. The lowest BCUT2D eigenvalue weighted by Gasteiger charge is -2.58. The number of rotatable bonds is 6. The molecule has 0 N–H and O–H groups in total. The summed E-state index contributed by atoms with van der Waals surface area (Å²) >= 11 is 0. The third kappa shape index (κ3) is 3.15. The number of hydrogen-bond donors (Lipinski definition) is 0. The number of benzene rings is 1. The molecular formula is C32H44O2. The highest BCUT2D eigenvalue weighted by Crippen LogP contribution is 2.63. The summed E-state index contributed by atoms with van der Waals surface area (Å²) in [5, 5.41) is 0. The van der Waals surface area contributed by atoms with Crippen LogP contribution in [0.4, 0.5) is 0 Å². The average molecular weight is 461 g/mol. The van der Waals surface area contributed by atoms with E-state index in [0.29, 0.717) is 16.7 Å². The molecule has 1 aromatic rings. The van der Waals surface area contributed by atoms with Crippen LogP contribution < -0.4 is 4.74 Å². The molecule has 8 aliphatic carbocycles. The topological polar surface area (TPSA) is 21.8 Å². The first kappa shape index (κ1) is 21.1. The van der Waals surface area contributed by atoms with Gasteiger partial charge in [-0.15, -0.1) is 0 Å². The summed E-state index contributed by atoms with van der Waals surface area (Å²) in [6, 6.07) is 7.76. The maximum atomic E-state index is 6.68. The lowest BCUT2D eigenvalue weighted by atomic mass is 9.46. The fraction of sp³-hybridized carbons (Fsp3) is 0.812. The van der Waals surface area contributed by atoms with Gasteiger partial charge in [0.25, 0.3) is 0 Å². The summed E-state index contributed by atoms with van der Waals surface area (Å²) in [4.78, 5) is 0. The SMILES string of the molecule is CC(C)C1(COc2cc(C34CC5CC(CC(C5)C3)C4)cc(C34CC5CC(CC(C5)C3)C4)c2)CO1. The molecule has 1 aliphatic heterocycles. The molecular weight excluding hydrogens is 416 g/mol. The van der Waals surface area contributed by atoms with Crippen molar-refractivity contribution in [2.24, 2.45) is 41.4 Å². The third-order valence-corrected chi connectivity index (χ3v) is 12.3. The van der Waals surface area contributed by atoms with Crippen LogP contribution in [0.3, 0.4) is 0 Å². The van der Waals surface area contributed by atoms with Gasteiger partial charge in [0.15, 0.2) is 0 Å². The molecule has 8 saturated carbocycles. The molecule has 0 spiro atoms. The van der Waals surface area contributed by atoms with Crippen LogP contribution in [0.15, 0.2) is 18.2 Å². The van der Waals surface area contributed by atoms with Gasteiger partial charge in [-0.05, 0) is 153 Å². The van der Waals surface area contributed by atoms with E-state index in [9.17, 15) is 0 Å². The predicted octanol–water partition coefficient (Wildman–Crippen LogP) is 7.43. The van der Waals surface area contributed by atoms with Crippen LogP contribution in [0, 0.1) is 41.4 Å². The zero-order chi connectivity index (χ0) is 22.7. The quantitative estimate of drug-likeness (QED) is 0.412. The smallest absolute Gasteiger partial charge is 0.128 e. The second-order valence-electron chi connectivity index (χ2n) is 14.9. The van der Waals surface area contributed by atoms with Gasteiger partial charge in [0, 0.05) is 0 Å². The Morgan fingerprint density at radius 1 is 0.706 bits per heavy atom. The molecule has 1 saturated heterocycles. The number of hydrogen-bond acceptors (Lipinski definition) is 2. The Bertz CT molecular complexity index is 852. The predicted molar refractivity (Wildman–Crippen MR) is 135 cm³/mol. The summed E-state index contributed by atoms with van der Waals surface area (Å²) in [5.41, 5.74) is 4.18. The minimum Gasteiger partial charge on any atom is -0.490 e. The molecule has 2 nitrogen and oxygen atoms in total. The number of epoxide rings is 1. The Hall–Kier alpha value is -1.02. The van der Waals surface area contributed by atoms with Crippen LogP contribution >= 0.6 is 0 Å². The fourth-order valence-electron chi connectivity index (χ4n) is 11.1. The van der Waals surface area contributed by atoms with Crippen molar-refractivity contribution >= 4 is 0 Å². The second kappa shape index (κ2) is 7.05. The van der Waals surface area contributed by atoms with Gasteiger partial charge in [0.05, 0.1) is 6.61 Å². The van der Waals surface area contributed by atoms with E-state index in [-0.39, 0.29) is 5.60 Å². The van der Waals surface area contributed by atoms with Crippen LogP contribution in [0.1, 0.15) is 102 Å². The van der Waals surface area contributed by atoms with Crippen molar-refractivity contribution in [3.05, 3.63) is 29.3 Å². The molecule has 1 unspecified atom stereocenters. The Kier molecular flexibility index (Phi) is 4.38. The first-order chi connectivity index (χ1) is 16.4. The molecule has 1 aromatic carbocycles. The van der Waals surface area contributed by atoms with Crippen LogP contribution in [0.25, 0.3) is 0 Å². The largest absolute Gasteiger partial charge is 0.490 e. The highest BCUT2D eigenvalue weighted by Gasteiger charge is 2.54. The van der Waals surface area contributed by atoms with Crippen molar-refractivity contribution < 1.29 is 9.47 Å². The maximum Gasteiger partial charge on any atom is 0.128 e. The summed E-state index contributed by atoms with van der Waals surface area (Å²) in [6.07, 6.45) is 17.8. The molecule has 0 aromatic heterocycles. The minimum absolute atomic E-state index is 0.0441. The standard InChI is InChI=1S/C32H44O2/c1-20(2)32(19-34-32)18-33-29-10-27(30-12-21-3-22(13-30)5-23(4-21)14-30)9-28(11-29)31-15-24-6-25(16-31)8-26(7-24)17-31/h9-11,20-26H,3-8,12-19H2,1-2H3. The van der Waals surface area contributed by atoms with Crippen LogP contribution in [-0.4, -0.2) is 18.8 Å². The number of ether oxygens (including phenoxy) is 2. The third-order valence-electron chi connectivity index (χ3n) is 12.3. The van der Waals surface area contributed by atoms with Crippen LogP contribution in [-0.2, 0) is 15.6 Å². The molecule has 10 rings (SSSR count). The first-order valence-corrected chi connectivity index (χ1v) is 14.8. The monoisotopic (exact) mass is 460 g/mol. The van der Waals surface area contributed by atoms with Gasteiger partial charge in [-0.1, -0.05) is 19.9 Å². The first-order valence-electron chi connectivity index (χ1n) is 14.8. The summed E-state index contributed by atoms with van der Waals surface area (Å²) in [7, 11) is 0. The Morgan fingerprint density at radius 3 is 1.41 bits per heavy atom. The van der Waals surface area contributed by atoms with Gasteiger partial charge in [0.2, 0.25) is 0 Å². The van der Waals surface area contributed by atoms with E-state index in [1.165, 1.54) is 77.0 Å². The van der Waals surface area contributed by atoms with E-state index in [4.69, 9.17) is 9.47 Å². The molecule has 0 amide bonds. The van der Waals surface area contributed by atoms with E-state index in [1.54, 1.807) is 11.1 Å². The van der Waals surface area contributed by atoms with E-state index in [1.807, 2.05) is 0 Å². The van der Waals surface area contributed by atoms with Crippen molar-refractivity contribution in [3.63, 3.8) is 0 Å². The Balaban J connectivity index is 1.19. The fourth-order valence-corrected chi connectivity index (χ4v) is 11.1. The molecule has 9 fully saturated rings. The molecule has 8 bridgehead atoms. The van der Waals surface area contributed by atoms with Crippen molar-refractivity contribution in [2.75, 3.05) is 13.2 Å². The van der Waals surface area contributed by atoms with Crippen molar-refractivity contribution in [1.29, 1.82) is 0 Å². The molecule has 0 radical (unpaired) electrons. The van der Waals surface area contributed by atoms with Gasteiger partial charge >= 0.3 is 0 Å². The minimum atomic E-state index is -0.0441. The summed E-state index contributed by atoms with van der Waals surface area (Å²) < 4.78 is 12.6. The summed E-state index contributed by atoms with van der Waals surface area (Å²) in [5.74, 6) is 7.61. The summed E-state index contributed by atoms with van der Waals surface area (Å²) in [6.45, 7) is 6.14. The van der Waals surface area contributed by atoms with Crippen LogP contribution in [0.5, 0.6) is 5.75 Å². The Labute approximate surface area is 206 Å². The van der Waals surface area contributed by atoms with Gasteiger partial charge in [-0.2, -0.15) is 0 Å². The van der Waals surface area contributed by atoms with Gasteiger partial charge in [-0.3, -0.25) is 0 Å². The average Bonchev–Trinajstić information content (AvgIpc) is 3.57. The second-order valence-corrected chi connectivity index (χ2v) is 14.9. The molecule has 1 heterocycles. The molecule has 34 heavy (non-hydrogen) atoms. The van der Waals surface area contributed by atoms with E-state index >= 15 is 0 Å². The highest BCUT2D eigenvalue weighted by molar-refractivity contribution is 5.44. The lowest BCUT2D eigenvalue weighted by molar-refractivity contribution is -0.00860. The molecule has 1 atom stereocenters. The maximum absolute atomic E-state index is 6.68. The zero-order valence-electron chi connectivity index (χ0n) is 21.5. The molecule has 184 valence electrons. The van der Waals surface area contributed by atoms with E-state index in [0.717, 1.165) is 54.5 Å². The van der Waals surface area contributed by atoms with Crippen molar-refractivity contribution in [2.45, 2.75) is 107 Å². The van der Waals surface area contributed by atoms with Crippen molar-refractivity contribution in [1.82, 2.24) is 0 Å². The van der Waals surface area contributed by atoms with Crippen molar-refractivity contribution in [3.8, 4) is 5.75 Å².